The maximum atomic E-state index is 13.2. The molecule has 1 saturated heterocycles. The van der Waals surface area contributed by atoms with Gasteiger partial charge in [0.05, 0.1) is 11.8 Å². The molecule has 1 unspecified atom stereocenters. The number of carbonyl (C=O) groups excluding carboxylic acids is 1. The fourth-order valence-electron chi connectivity index (χ4n) is 3.61. The summed E-state index contributed by atoms with van der Waals surface area (Å²) >= 11 is 0. The van der Waals surface area contributed by atoms with Crippen molar-refractivity contribution in [2.75, 3.05) is 19.6 Å². The van der Waals surface area contributed by atoms with Gasteiger partial charge in [-0.15, -0.1) is 0 Å². The quantitative estimate of drug-likeness (QED) is 0.758. The number of fused-ring (bicyclic) bond motifs is 1. The van der Waals surface area contributed by atoms with Crippen LogP contribution >= 0.6 is 0 Å². The zero-order chi connectivity index (χ0) is 19.0. The van der Waals surface area contributed by atoms with Crippen molar-refractivity contribution in [3.63, 3.8) is 0 Å². The molecule has 3 aromatic heterocycles. The number of nitrogens with one attached hydrogen (secondary N) is 1. The van der Waals surface area contributed by atoms with Crippen molar-refractivity contribution in [3.05, 3.63) is 42.2 Å². The summed E-state index contributed by atoms with van der Waals surface area (Å²) in [4.78, 5) is 24.1. The summed E-state index contributed by atoms with van der Waals surface area (Å²) in [5.41, 5.74) is 1.41. The summed E-state index contributed by atoms with van der Waals surface area (Å²) in [7, 11) is 1.95. The van der Waals surface area contributed by atoms with E-state index in [1.165, 1.54) is 0 Å². The summed E-state index contributed by atoms with van der Waals surface area (Å²) in [5.74, 6) is 1.35. The largest absolute Gasteiger partial charge is 0.336 e. The summed E-state index contributed by atoms with van der Waals surface area (Å²) in [6.45, 7) is 7.21. The van der Waals surface area contributed by atoms with E-state index < -0.39 is 0 Å². The smallest absolute Gasteiger partial charge is 0.256 e. The number of hydrogen-bond acceptors (Lipinski definition) is 5. The maximum Gasteiger partial charge on any atom is 0.256 e. The van der Waals surface area contributed by atoms with Gasteiger partial charge in [-0.2, -0.15) is 5.10 Å². The molecular formula is C19H25N7O. The zero-order valence-electron chi connectivity index (χ0n) is 16.0. The lowest BCUT2D eigenvalue weighted by atomic mass is 10.1. The van der Waals surface area contributed by atoms with Crippen molar-refractivity contribution < 1.29 is 4.79 Å². The molecule has 1 amide bonds. The monoisotopic (exact) mass is 367 g/mol. The number of aryl methyl sites for hydroxylation is 1. The first-order valence-corrected chi connectivity index (χ1v) is 9.35. The van der Waals surface area contributed by atoms with Gasteiger partial charge in [-0.3, -0.25) is 4.79 Å². The van der Waals surface area contributed by atoms with Gasteiger partial charge in [0.2, 0.25) is 0 Å². The average Bonchev–Trinajstić information content (AvgIpc) is 3.26. The Morgan fingerprint density at radius 2 is 2.19 bits per heavy atom. The van der Waals surface area contributed by atoms with E-state index in [1.807, 2.05) is 33.5 Å². The third-order valence-corrected chi connectivity index (χ3v) is 4.92. The van der Waals surface area contributed by atoms with Crippen LogP contribution in [0, 0.1) is 5.92 Å². The Morgan fingerprint density at radius 3 is 2.93 bits per heavy atom. The number of pyridine rings is 1. The van der Waals surface area contributed by atoms with Crippen molar-refractivity contribution in [3.8, 4) is 0 Å². The van der Waals surface area contributed by atoms with Crippen LogP contribution in [0.3, 0.4) is 0 Å². The Bertz CT molecular complexity index is 958. The van der Waals surface area contributed by atoms with Crippen molar-refractivity contribution in [1.29, 1.82) is 0 Å². The van der Waals surface area contributed by atoms with E-state index in [1.54, 1.807) is 18.6 Å². The predicted molar refractivity (Wildman–Crippen MR) is 102 cm³/mol. The van der Waals surface area contributed by atoms with Crippen LogP contribution in [-0.4, -0.2) is 54.8 Å². The average molecular weight is 367 g/mol. The number of piperazine rings is 1. The lowest BCUT2D eigenvalue weighted by molar-refractivity contribution is 0.0620. The van der Waals surface area contributed by atoms with Gasteiger partial charge in [0.1, 0.15) is 11.9 Å². The van der Waals surface area contributed by atoms with Crippen LogP contribution in [0.2, 0.25) is 0 Å². The second-order valence-electron chi connectivity index (χ2n) is 7.47. The standard InChI is InChI=1S/C19H25N7O/c1-13(2)12-26-17-14(10-23-26)8-15(9-22-17)19(27)25-7-4-20-11-16(25)18-21-5-6-24(18)3/h5-6,8-10,13,16,20H,4,7,11-12H2,1-3H3. The fourth-order valence-corrected chi connectivity index (χ4v) is 3.61. The molecule has 8 nitrogen and oxygen atoms in total. The highest BCUT2D eigenvalue weighted by Gasteiger charge is 2.31. The molecule has 0 spiro atoms. The van der Waals surface area contributed by atoms with E-state index in [0.717, 1.165) is 29.9 Å². The molecular weight excluding hydrogens is 342 g/mol. The molecule has 3 aromatic rings. The Balaban J connectivity index is 1.63. The molecule has 1 N–H and O–H groups in total. The SMILES string of the molecule is CC(C)Cn1ncc2cc(C(=O)N3CCNCC3c3nccn3C)cnc21. The molecule has 0 aliphatic carbocycles. The fraction of sp³-hybridized carbons (Fsp3) is 0.474. The third kappa shape index (κ3) is 3.32. The minimum absolute atomic E-state index is 0.0180. The van der Waals surface area contributed by atoms with Gasteiger partial charge >= 0.3 is 0 Å². The number of imidazole rings is 1. The van der Waals surface area contributed by atoms with E-state index in [-0.39, 0.29) is 11.9 Å². The van der Waals surface area contributed by atoms with E-state index in [2.05, 4.69) is 34.2 Å². The minimum Gasteiger partial charge on any atom is -0.336 e. The molecule has 1 aliphatic heterocycles. The molecule has 0 saturated carbocycles. The van der Waals surface area contributed by atoms with E-state index in [4.69, 9.17) is 0 Å². The first-order valence-electron chi connectivity index (χ1n) is 9.35. The van der Waals surface area contributed by atoms with Gasteiger partial charge in [-0.1, -0.05) is 13.8 Å². The number of hydrogen-bond donors (Lipinski definition) is 1. The number of aromatic nitrogens is 5. The molecule has 0 aromatic carbocycles. The number of nitrogens with zero attached hydrogens (tertiary/aromatic N) is 6. The molecule has 0 bridgehead atoms. The van der Waals surface area contributed by atoms with Crippen LogP contribution in [0.15, 0.2) is 30.9 Å². The van der Waals surface area contributed by atoms with Crippen LogP contribution in [-0.2, 0) is 13.6 Å². The van der Waals surface area contributed by atoms with Crippen molar-refractivity contribution in [1.82, 2.24) is 34.5 Å². The number of amides is 1. The molecule has 1 atom stereocenters. The molecule has 27 heavy (non-hydrogen) atoms. The van der Waals surface area contributed by atoms with Crippen LogP contribution in [0.4, 0.5) is 0 Å². The van der Waals surface area contributed by atoms with Crippen LogP contribution in [0.5, 0.6) is 0 Å². The Morgan fingerprint density at radius 1 is 1.33 bits per heavy atom. The van der Waals surface area contributed by atoms with Gasteiger partial charge in [0, 0.05) is 57.2 Å². The summed E-state index contributed by atoms with van der Waals surface area (Å²) in [6, 6.07) is 1.80. The Kier molecular flexibility index (Phi) is 4.65. The predicted octanol–water partition coefficient (Wildman–Crippen LogP) is 1.61. The molecule has 4 heterocycles. The van der Waals surface area contributed by atoms with Gasteiger partial charge in [0.15, 0.2) is 5.65 Å². The Hall–Kier alpha value is -2.74. The highest BCUT2D eigenvalue weighted by molar-refractivity contribution is 5.97. The van der Waals surface area contributed by atoms with Crippen LogP contribution in [0.25, 0.3) is 11.0 Å². The molecule has 1 aliphatic rings. The summed E-state index contributed by atoms with van der Waals surface area (Å²) in [5, 5.41) is 8.68. The second-order valence-corrected chi connectivity index (χ2v) is 7.47. The maximum absolute atomic E-state index is 13.2. The molecule has 1 fully saturated rings. The Labute approximate surface area is 158 Å². The van der Waals surface area contributed by atoms with E-state index in [9.17, 15) is 4.79 Å². The molecule has 0 radical (unpaired) electrons. The van der Waals surface area contributed by atoms with Crippen molar-refractivity contribution in [2.45, 2.75) is 26.4 Å². The second kappa shape index (κ2) is 7.11. The first-order chi connectivity index (χ1) is 13.0. The van der Waals surface area contributed by atoms with Gasteiger partial charge in [-0.05, 0) is 12.0 Å². The summed E-state index contributed by atoms with van der Waals surface area (Å²) < 4.78 is 3.87. The third-order valence-electron chi connectivity index (χ3n) is 4.92. The van der Waals surface area contributed by atoms with Gasteiger partial charge < -0.3 is 14.8 Å². The van der Waals surface area contributed by atoms with E-state index in [0.29, 0.717) is 24.6 Å². The van der Waals surface area contributed by atoms with Gasteiger partial charge in [-0.25, -0.2) is 14.6 Å². The van der Waals surface area contributed by atoms with Gasteiger partial charge in [0.25, 0.3) is 5.91 Å². The molecule has 4 rings (SSSR count). The van der Waals surface area contributed by atoms with Crippen molar-refractivity contribution in [2.24, 2.45) is 13.0 Å². The molecule has 142 valence electrons. The van der Waals surface area contributed by atoms with E-state index >= 15 is 0 Å². The minimum atomic E-state index is -0.0920. The normalized spacial score (nSPS) is 17.8. The lowest BCUT2D eigenvalue weighted by Crippen LogP contribution is -2.49. The summed E-state index contributed by atoms with van der Waals surface area (Å²) in [6.07, 6.45) is 7.13. The van der Waals surface area contributed by atoms with Crippen molar-refractivity contribution >= 4 is 16.9 Å². The number of rotatable bonds is 4. The lowest BCUT2D eigenvalue weighted by Gasteiger charge is -2.35. The number of carbonyl (C=O) groups is 1. The highest BCUT2D eigenvalue weighted by Crippen LogP contribution is 2.24. The zero-order valence-corrected chi connectivity index (χ0v) is 16.0. The highest BCUT2D eigenvalue weighted by atomic mass is 16.2. The first kappa shape index (κ1) is 17.7. The van der Waals surface area contributed by atoms with Crippen LogP contribution in [0.1, 0.15) is 36.1 Å². The topological polar surface area (TPSA) is 80.9 Å². The van der Waals surface area contributed by atoms with Crippen LogP contribution < -0.4 is 5.32 Å². The molecule has 8 heteroatoms.